The summed E-state index contributed by atoms with van der Waals surface area (Å²) in [7, 11) is 0. The Bertz CT molecular complexity index is 325. The highest BCUT2D eigenvalue weighted by Gasteiger charge is 2.10. The van der Waals surface area contributed by atoms with E-state index in [0.717, 1.165) is 16.9 Å². The molecule has 0 saturated carbocycles. The smallest absolute Gasteiger partial charge is 0.123 e. The van der Waals surface area contributed by atoms with Gasteiger partial charge in [-0.05, 0) is 35.4 Å². The summed E-state index contributed by atoms with van der Waals surface area (Å²) in [6, 6.07) is 4.72. The molecule has 0 bridgehead atoms. The van der Waals surface area contributed by atoms with E-state index in [4.69, 9.17) is 5.73 Å². The van der Waals surface area contributed by atoms with Crippen molar-refractivity contribution in [3.63, 3.8) is 0 Å². The van der Waals surface area contributed by atoms with E-state index in [1.165, 1.54) is 6.07 Å². The van der Waals surface area contributed by atoms with E-state index in [9.17, 15) is 4.39 Å². The maximum atomic E-state index is 13.0. The van der Waals surface area contributed by atoms with Crippen LogP contribution in [-0.2, 0) is 0 Å². The summed E-state index contributed by atoms with van der Waals surface area (Å²) in [5.41, 5.74) is 8.01. The first-order valence-electron chi connectivity index (χ1n) is 5.14. The van der Waals surface area contributed by atoms with Crippen molar-refractivity contribution >= 4 is 11.8 Å². The highest BCUT2D eigenvalue weighted by atomic mass is 32.2. The summed E-state index contributed by atoms with van der Waals surface area (Å²) in [6.07, 6.45) is 0. The molecule has 3 heteroatoms. The van der Waals surface area contributed by atoms with Gasteiger partial charge in [0, 0.05) is 11.8 Å². The van der Waals surface area contributed by atoms with E-state index >= 15 is 0 Å². The minimum atomic E-state index is -0.208. The van der Waals surface area contributed by atoms with Crippen molar-refractivity contribution in [2.45, 2.75) is 32.1 Å². The molecule has 2 N–H and O–H groups in total. The monoisotopic (exact) mass is 227 g/mol. The average Bonchev–Trinajstić information content (AvgIpc) is 2.18. The normalized spacial score (nSPS) is 13.2. The minimum absolute atomic E-state index is 0.0758. The third-order valence-electron chi connectivity index (χ3n) is 2.25. The van der Waals surface area contributed by atoms with E-state index in [0.29, 0.717) is 5.25 Å². The van der Waals surface area contributed by atoms with Crippen molar-refractivity contribution < 1.29 is 4.39 Å². The van der Waals surface area contributed by atoms with Crippen LogP contribution in [0.15, 0.2) is 18.2 Å². The lowest BCUT2D eigenvalue weighted by molar-refractivity contribution is 0.621. The van der Waals surface area contributed by atoms with Gasteiger partial charge in [0.05, 0.1) is 0 Å². The van der Waals surface area contributed by atoms with Gasteiger partial charge in [0.15, 0.2) is 0 Å². The molecule has 1 atom stereocenters. The van der Waals surface area contributed by atoms with Gasteiger partial charge in [0.25, 0.3) is 0 Å². The number of thioether (sulfide) groups is 1. The summed E-state index contributed by atoms with van der Waals surface area (Å²) in [6.45, 7) is 6.24. The SMILES string of the molecule is Cc1ccc(F)cc1C(N)CSC(C)C. The van der Waals surface area contributed by atoms with Crippen molar-refractivity contribution in [2.75, 3.05) is 5.75 Å². The van der Waals surface area contributed by atoms with E-state index in [1.807, 2.05) is 6.92 Å². The first kappa shape index (κ1) is 12.5. The summed E-state index contributed by atoms with van der Waals surface area (Å²) in [5.74, 6) is 0.627. The molecule has 1 aromatic rings. The van der Waals surface area contributed by atoms with Crippen molar-refractivity contribution in [3.05, 3.63) is 35.1 Å². The van der Waals surface area contributed by atoms with E-state index in [2.05, 4.69) is 13.8 Å². The maximum absolute atomic E-state index is 13.0. The predicted molar refractivity (Wildman–Crippen MR) is 65.7 cm³/mol. The number of nitrogens with two attached hydrogens (primary N) is 1. The Morgan fingerprint density at radius 2 is 2.07 bits per heavy atom. The van der Waals surface area contributed by atoms with Crippen LogP contribution in [0.2, 0.25) is 0 Å². The quantitative estimate of drug-likeness (QED) is 0.854. The zero-order valence-corrected chi connectivity index (χ0v) is 10.3. The van der Waals surface area contributed by atoms with E-state index in [-0.39, 0.29) is 11.9 Å². The fourth-order valence-electron chi connectivity index (χ4n) is 1.40. The molecule has 0 spiro atoms. The molecule has 0 radical (unpaired) electrons. The molecule has 1 aromatic carbocycles. The molecular formula is C12H18FNS. The van der Waals surface area contributed by atoms with Crippen molar-refractivity contribution in [1.29, 1.82) is 0 Å². The summed E-state index contributed by atoms with van der Waals surface area (Å²) >= 11 is 1.80. The fraction of sp³-hybridized carbons (Fsp3) is 0.500. The van der Waals surface area contributed by atoms with Crippen molar-refractivity contribution in [2.24, 2.45) is 5.73 Å². The molecule has 0 aliphatic rings. The van der Waals surface area contributed by atoms with Crippen molar-refractivity contribution in [1.82, 2.24) is 0 Å². The lowest BCUT2D eigenvalue weighted by Gasteiger charge is -2.15. The van der Waals surface area contributed by atoms with Gasteiger partial charge in [-0.1, -0.05) is 19.9 Å². The van der Waals surface area contributed by atoms with Gasteiger partial charge in [-0.25, -0.2) is 4.39 Å². The van der Waals surface area contributed by atoms with Gasteiger partial charge >= 0.3 is 0 Å². The van der Waals surface area contributed by atoms with E-state index < -0.39 is 0 Å². The lowest BCUT2D eigenvalue weighted by atomic mass is 10.0. The zero-order valence-electron chi connectivity index (χ0n) is 9.46. The third kappa shape index (κ3) is 3.84. The molecule has 1 rings (SSSR count). The Morgan fingerprint density at radius 3 is 2.67 bits per heavy atom. The number of aryl methyl sites for hydroxylation is 1. The molecule has 0 aromatic heterocycles. The maximum Gasteiger partial charge on any atom is 0.123 e. The molecule has 1 unspecified atom stereocenters. The number of rotatable bonds is 4. The van der Waals surface area contributed by atoms with Crippen molar-refractivity contribution in [3.8, 4) is 0 Å². The highest BCUT2D eigenvalue weighted by molar-refractivity contribution is 7.99. The van der Waals surface area contributed by atoms with Gasteiger partial charge in [-0.15, -0.1) is 0 Å². The number of benzene rings is 1. The van der Waals surface area contributed by atoms with E-state index in [1.54, 1.807) is 23.9 Å². The topological polar surface area (TPSA) is 26.0 Å². The second-order valence-electron chi connectivity index (χ2n) is 3.99. The Hall–Kier alpha value is -0.540. The van der Waals surface area contributed by atoms with Crippen LogP contribution in [0.25, 0.3) is 0 Å². The van der Waals surface area contributed by atoms with Gasteiger partial charge < -0.3 is 5.73 Å². The second kappa shape index (κ2) is 5.52. The number of hydrogen-bond acceptors (Lipinski definition) is 2. The van der Waals surface area contributed by atoms with Crippen LogP contribution in [-0.4, -0.2) is 11.0 Å². The first-order valence-corrected chi connectivity index (χ1v) is 6.19. The Kier molecular flexibility index (Phi) is 4.61. The van der Waals surface area contributed by atoms with Gasteiger partial charge in [-0.2, -0.15) is 11.8 Å². The molecule has 0 aliphatic carbocycles. The first-order chi connectivity index (χ1) is 7.00. The van der Waals surface area contributed by atoms with Gasteiger partial charge in [-0.3, -0.25) is 0 Å². The molecule has 0 aliphatic heterocycles. The molecule has 0 heterocycles. The third-order valence-corrected chi connectivity index (χ3v) is 3.47. The second-order valence-corrected chi connectivity index (χ2v) is 5.60. The molecule has 0 fully saturated rings. The predicted octanol–water partition coefficient (Wildman–Crippen LogP) is 3.28. The van der Waals surface area contributed by atoms with Crippen LogP contribution in [0, 0.1) is 12.7 Å². The Balaban J connectivity index is 2.72. The van der Waals surface area contributed by atoms with Crippen LogP contribution in [0.5, 0.6) is 0 Å². The summed E-state index contributed by atoms with van der Waals surface area (Å²) < 4.78 is 13.0. The van der Waals surface area contributed by atoms with Crippen LogP contribution < -0.4 is 5.73 Å². The molecular weight excluding hydrogens is 209 g/mol. The van der Waals surface area contributed by atoms with Gasteiger partial charge in [0.1, 0.15) is 5.82 Å². The standard InChI is InChI=1S/C12H18FNS/c1-8(2)15-7-12(14)11-6-10(13)5-4-9(11)3/h4-6,8,12H,7,14H2,1-3H3. The Labute approximate surface area is 95.2 Å². The fourth-order valence-corrected chi connectivity index (χ4v) is 2.17. The lowest BCUT2D eigenvalue weighted by Crippen LogP contribution is -2.15. The molecule has 0 saturated heterocycles. The average molecular weight is 227 g/mol. The summed E-state index contributed by atoms with van der Waals surface area (Å²) in [5, 5.41) is 0.560. The summed E-state index contributed by atoms with van der Waals surface area (Å²) in [4.78, 5) is 0. The number of hydrogen-bond donors (Lipinski definition) is 1. The van der Waals surface area contributed by atoms with Gasteiger partial charge in [0.2, 0.25) is 0 Å². The van der Waals surface area contributed by atoms with Crippen LogP contribution in [0.3, 0.4) is 0 Å². The van der Waals surface area contributed by atoms with Crippen LogP contribution in [0.4, 0.5) is 4.39 Å². The van der Waals surface area contributed by atoms with Crippen LogP contribution in [0.1, 0.15) is 31.0 Å². The largest absolute Gasteiger partial charge is 0.323 e. The highest BCUT2D eigenvalue weighted by Crippen LogP contribution is 2.22. The molecule has 15 heavy (non-hydrogen) atoms. The molecule has 0 amide bonds. The Morgan fingerprint density at radius 1 is 1.40 bits per heavy atom. The van der Waals surface area contributed by atoms with Crippen LogP contribution >= 0.6 is 11.8 Å². The molecule has 1 nitrogen and oxygen atoms in total. The minimum Gasteiger partial charge on any atom is -0.323 e. The number of halogens is 1. The zero-order chi connectivity index (χ0) is 11.4. The molecule has 84 valence electrons.